The molecule has 0 bridgehead atoms. The first-order chi connectivity index (χ1) is 9.41. The number of likely N-dealkylation sites (N-methyl/N-ethyl adjacent to an activating group) is 1. The molecular weight excluding hydrogens is 246 g/mol. The fourth-order valence-electron chi connectivity index (χ4n) is 2.25. The van der Waals surface area contributed by atoms with Gasteiger partial charge in [0.2, 0.25) is 0 Å². The minimum absolute atomic E-state index is 0.164. The molecule has 3 heteroatoms. The third-order valence-electron chi connectivity index (χ3n) is 3.63. The van der Waals surface area contributed by atoms with Crippen molar-refractivity contribution in [2.24, 2.45) is 0 Å². The van der Waals surface area contributed by atoms with Crippen LogP contribution in [0.3, 0.4) is 0 Å². The van der Waals surface area contributed by atoms with Crippen LogP contribution in [0.2, 0.25) is 0 Å². The van der Waals surface area contributed by atoms with Crippen molar-refractivity contribution in [2.75, 3.05) is 13.6 Å². The molecule has 2 rings (SSSR count). The zero-order valence-electron chi connectivity index (χ0n) is 13.2. The van der Waals surface area contributed by atoms with Crippen LogP contribution in [0.25, 0.3) is 11.3 Å². The lowest BCUT2D eigenvalue weighted by atomic mass is 9.85. The van der Waals surface area contributed by atoms with Gasteiger partial charge in [0.1, 0.15) is 5.82 Å². The van der Waals surface area contributed by atoms with E-state index in [0.717, 1.165) is 24.5 Å². The molecule has 0 atom stereocenters. The molecule has 3 nitrogen and oxygen atoms in total. The van der Waals surface area contributed by atoms with Crippen LogP contribution in [-0.4, -0.2) is 23.6 Å². The van der Waals surface area contributed by atoms with Gasteiger partial charge in [-0.3, -0.25) is 0 Å². The summed E-state index contributed by atoms with van der Waals surface area (Å²) in [5, 5.41) is 3.15. The molecule has 0 unspecified atom stereocenters. The van der Waals surface area contributed by atoms with E-state index >= 15 is 0 Å². The standard InChI is InChI=1S/C17H25N3/c1-12-6-7-13(17(2,3)4)10-14(12)15-11-19-16(20-15)8-9-18-5/h6-7,10-11,18H,8-9H2,1-5H3,(H,19,20). The monoisotopic (exact) mass is 271 g/mol. The second-order valence-electron chi connectivity index (χ2n) is 6.38. The highest BCUT2D eigenvalue weighted by atomic mass is 14.9. The van der Waals surface area contributed by atoms with Crippen molar-refractivity contribution in [1.29, 1.82) is 0 Å². The van der Waals surface area contributed by atoms with Gasteiger partial charge in [-0.2, -0.15) is 0 Å². The Hall–Kier alpha value is -1.61. The van der Waals surface area contributed by atoms with Gasteiger partial charge < -0.3 is 10.3 Å². The average molecular weight is 271 g/mol. The lowest BCUT2D eigenvalue weighted by molar-refractivity contribution is 0.590. The van der Waals surface area contributed by atoms with Crippen LogP contribution in [0.15, 0.2) is 24.4 Å². The number of aryl methyl sites for hydroxylation is 1. The van der Waals surface area contributed by atoms with Crippen LogP contribution in [0.4, 0.5) is 0 Å². The highest BCUT2D eigenvalue weighted by Crippen LogP contribution is 2.29. The van der Waals surface area contributed by atoms with Crippen LogP contribution < -0.4 is 5.32 Å². The summed E-state index contributed by atoms with van der Waals surface area (Å²) in [5.74, 6) is 1.04. The van der Waals surface area contributed by atoms with E-state index in [1.54, 1.807) is 0 Å². The van der Waals surface area contributed by atoms with E-state index in [1.807, 2.05) is 13.2 Å². The predicted molar refractivity (Wildman–Crippen MR) is 85.1 cm³/mol. The third kappa shape index (κ3) is 3.28. The van der Waals surface area contributed by atoms with Crippen molar-refractivity contribution in [3.05, 3.63) is 41.3 Å². The number of aromatic nitrogens is 2. The maximum Gasteiger partial charge on any atom is 0.107 e. The van der Waals surface area contributed by atoms with E-state index in [0.29, 0.717) is 0 Å². The highest BCUT2D eigenvalue weighted by Gasteiger charge is 2.16. The summed E-state index contributed by atoms with van der Waals surface area (Å²) in [6.07, 6.45) is 2.87. The molecule has 20 heavy (non-hydrogen) atoms. The fraction of sp³-hybridized carbons (Fsp3) is 0.471. The maximum absolute atomic E-state index is 4.47. The zero-order chi connectivity index (χ0) is 14.8. The summed E-state index contributed by atoms with van der Waals surface area (Å²) in [6.45, 7) is 9.82. The van der Waals surface area contributed by atoms with Gasteiger partial charge in [-0.25, -0.2) is 4.98 Å². The number of benzene rings is 1. The lowest BCUT2D eigenvalue weighted by Crippen LogP contribution is -2.11. The van der Waals surface area contributed by atoms with Crippen molar-refractivity contribution in [1.82, 2.24) is 15.3 Å². The molecule has 0 saturated carbocycles. The van der Waals surface area contributed by atoms with E-state index < -0.39 is 0 Å². The molecule has 0 aliphatic carbocycles. The Balaban J connectivity index is 2.34. The summed E-state index contributed by atoms with van der Waals surface area (Å²) in [4.78, 5) is 7.90. The van der Waals surface area contributed by atoms with Crippen LogP contribution >= 0.6 is 0 Å². The Bertz CT molecular complexity index is 576. The maximum atomic E-state index is 4.47. The highest BCUT2D eigenvalue weighted by molar-refractivity contribution is 5.64. The van der Waals surface area contributed by atoms with Crippen molar-refractivity contribution in [2.45, 2.75) is 39.5 Å². The Morgan fingerprint density at radius 1 is 1.25 bits per heavy atom. The lowest BCUT2D eigenvalue weighted by Gasteiger charge is -2.20. The van der Waals surface area contributed by atoms with Crippen molar-refractivity contribution < 1.29 is 0 Å². The molecule has 2 N–H and O–H groups in total. The van der Waals surface area contributed by atoms with Gasteiger partial charge in [-0.15, -0.1) is 0 Å². The Morgan fingerprint density at radius 3 is 2.65 bits per heavy atom. The molecule has 0 aliphatic heterocycles. The Kier molecular flexibility index (Phi) is 4.29. The largest absolute Gasteiger partial charge is 0.342 e. The molecule has 0 saturated heterocycles. The first-order valence-electron chi connectivity index (χ1n) is 7.22. The van der Waals surface area contributed by atoms with Crippen molar-refractivity contribution in [3.63, 3.8) is 0 Å². The second-order valence-corrected chi connectivity index (χ2v) is 6.38. The fourth-order valence-corrected chi connectivity index (χ4v) is 2.25. The minimum Gasteiger partial charge on any atom is -0.342 e. The summed E-state index contributed by atoms with van der Waals surface area (Å²) < 4.78 is 0. The molecule has 1 aromatic heterocycles. The molecule has 0 radical (unpaired) electrons. The van der Waals surface area contributed by atoms with Gasteiger partial charge in [-0.05, 0) is 36.6 Å². The van der Waals surface area contributed by atoms with E-state index in [4.69, 9.17) is 0 Å². The summed E-state index contributed by atoms with van der Waals surface area (Å²) in [7, 11) is 1.96. The number of hydrogen-bond acceptors (Lipinski definition) is 2. The van der Waals surface area contributed by atoms with Gasteiger partial charge in [0.25, 0.3) is 0 Å². The molecule has 1 heterocycles. The number of H-pyrrole nitrogens is 1. The quantitative estimate of drug-likeness (QED) is 0.894. The van der Waals surface area contributed by atoms with Crippen LogP contribution in [0.1, 0.15) is 37.7 Å². The zero-order valence-corrected chi connectivity index (χ0v) is 13.2. The van der Waals surface area contributed by atoms with Gasteiger partial charge in [0.15, 0.2) is 0 Å². The van der Waals surface area contributed by atoms with E-state index in [9.17, 15) is 0 Å². The number of rotatable bonds is 4. The molecule has 0 spiro atoms. The molecule has 0 aliphatic rings. The molecule has 1 aromatic carbocycles. The Labute approximate surface area is 121 Å². The number of imidazole rings is 1. The Morgan fingerprint density at radius 2 is 2.00 bits per heavy atom. The first kappa shape index (κ1) is 14.8. The van der Waals surface area contributed by atoms with Crippen LogP contribution in [0.5, 0.6) is 0 Å². The predicted octanol–water partition coefficient (Wildman–Crippen LogP) is 3.44. The SMILES string of the molecule is CNCCc1ncc(-c2cc(C(C)(C)C)ccc2C)[nH]1. The first-order valence-corrected chi connectivity index (χ1v) is 7.22. The molecule has 108 valence electrons. The summed E-state index contributed by atoms with van der Waals surface area (Å²) in [5.41, 5.74) is 5.16. The number of hydrogen-bond donors (Lipinski definition) is 2. The molecule has 0 amide bonds. The van der Waals surface area contributed by atoms with Crippen molar-refractivity contribution >= 4 is 0 Å². The van der Waals surface area contributed by atoms with Gasteiger partial charge in [-0.1, -0.05) is 32.9 Å². The molecule has 0 fully saturated rings. The topological polar surface area (TPSA) is 40.7 Å². The second kappa shape index (κ2) is 5.80. The number of nitrogens with zero attached hydrogens (tertiary/aromatic N) is 1. The van der Waals surface area contributed by atoms with Gasteiger partial charge in [0.05, 0.1) is 11.9 Å². The summed E-state index contributed by atoms with van der Waals surface area (Å²) in [6, 6.07) is 6.70. The van der Waals surface area contributed by atoms with E-state index in [2.05, 4.69) is 61.2 Å². The van der Waals surface area contributed by atoms with Gasteiger partial charge >= 0.3 is 0 Å². The average Bonchev–Trinajstić information content (AvgIpc) is 2.84. The smallest absolute Gasteiger partial charge is 0.107 e. The normalized spacial score (nSPS) is 11.8. The van der Waals surface area contributed by atoms with Gasteiger partial charge in [0, 0.05) is 18.5 Å². The molecule has 2 aromatic rings. The number of nitrogens with one attached hydrogen (secondary N) is 2. The third-order valence-corrected chi connectivity index (χ3v) is 3.63. The minimum atomic E-state index is 0.164. The van der Waals surface area contributed by atoms with Crippen LogP contribution in [-0.2, 0) is 11.8 Å². The number of aromatic amines is 1. The van der Waals surface area contributed by atoms with Crippen molar-refractivity contribution in [3.8, 4) is 11.3 Å². The molecular formula is C17H25N3. The van der Waals surface area contributed by atoms with E-state index in [1.165, 1.54) is 16.7 Å². The summed E-state index contributed by atoms with van der Waals surface area (Å²) >= 11 is 0. The van der Waals surface area contributed by atoms with Crippen LogP contribution in [0, 0.1) is 6.92 Å². The van der Waals surface area contributed by atoms with E-state index in [-0.39, 0.29) is 5.41 Å².